The highest BCUT2D eigenvalue weighted by Gasteiger charge is 2.38. The molecule has 0 spiro atoms. The van der Waals surface area contributed by atoms with Crippen molar-refractivity contribution in [2.45, 2.75) is 105 Å². The molecule has 44 heavy (non-hydrogen) atoms. The lowest BCUT2D eigenvalue weighted by atomic mass is 9.79. The Morgan fingerprint density at radius 1 is 0.545 bits per heavy atom. The second kappa shape index (κ2) is 12.4. The van der Waals surface area contributed by atoms with E-state index < -0.39 is 0 Å². The minimum Gasteiger partial charge on any atom is -0.0877 e. The van der Waals surface area contributed by atoms with E-state index in [9.17, 15) is 0 Å². The van der Waals surface area contributed by atoms with Crippen LogP contribution < -0.4 is 0 Å². The van der Waals surface area contributed by atoms with Crippen molar-refractivity contribution in [2.24, 2.45) is 0 Å². The first kappa shape index (κ1) is 31.8. The van der Waals surface area contributed by atoms with E-state index in [1.807, 2.05) is 0 Å². The van der Waals surface area contributed by atoms with Crippen molar-refractivity contribution in [1.82, 2.24) is 0 Å². The third-order valence-electron chi connectivity index (χ3n) is 10.8. The van der Waals surface area contributed by atoms with Crippen molar-refractivity contribution < 1.29 is 0 Å². The molecule has 2 atom stereocenters. The third kappa shape index (κ3) is 5.32. The average molecular weight is 581 g/mol. The van der Waals surface area contributed by atoms with Crippen LogP contribution >= 0.6 is 0 Å². The molecule has 0 aromatic heterocycles. The fourth-order valence-corrected chi connectivity index (χ4v) is 7.16. The summed E-state index contributed by atoms with van der Waals surface area (Å²) in [4.78, 5) is 0. The Bertz CT molecular complexity index is 1710. The first-order chi connectivity index (χ1) is 21.1. The lowest BCUT2D eigenvalue weighted by Crippen LogP contribution is -2.16. The van der Waals surface area contributed by atoms with Crippen LogP contribution in [0.2, 0.25) is 0 Å². The van der Waals surface area contributed by atoms with Crippen molar-refractivity contribution in [3.05, 3.63) is 142 Å². The van der Waals surface area contributed by atoms with Gasteiger partial charge in [-0.05, 0) is 130 Å². The predicted octanol–water partition coefficient (Wildman–Crippen LogP) is 12.9. The lowest BCUT2D eigenvalue weighted by Gasteiger charge is -2.25. The molecule has 0 nitrogen and oxygen atoms in total. The summed E-state index contributed by atoms with van der Waals surface area (Å²) in [5.41, 5.74) is 17.2. The molecule has 2 aliphatic carbocycles. The molecule has 0 saturated carbocycles. The van der Waals surface area contributed by atoms with Crippen molar-refractivity contribution in [3.8, 4) is 22.3 Å². The molecule has 0 heteroatoms. The normalized spacial score (nSPS) is 18.4. The van der Waals surface area contributed by atoms with Crippen LogP contribution in [0.3, 0.4) is 0 Å². The molecule has 0 fully saturated rings. The summed E-state index contributed by atoms with van der Waals surface area (Å²) in [6.45, 7) is 22.7. The molecule has 3 aromatic rings. The fraction of sp³-hybridized carbons (Fsp3) is 0.364. The van der Waals surface area contributed by atoms with Crippen LogP contribution in [0, 0.1) is 0 Å². The van der Waals surface area contributed by atoms with Gasteiger partial charge in [-0.2, -0.15) is 0 Å². The molecular weight excluding hydrogens is 528 g/mol. The van der Waals surface area contributed by atoms with Crippen LogP contribution in [0.1, 0.15) is 127 Å². The second-order valence-electron chi connectivity index (χ2n) is 13.9. The van der Waals surface area contributed by atoms with E-state index in [2.05, 4.69) is 166 Å². The van der Waals surface area contributed by atoms with Crippen LogP contribution in [0.15, 0.2) is 108 Å². The minimum absolute atomic E-state index is 0.133. The van der Waals surface area contributed by atoms with Crippen LogP contribution in [-0.4, -0.2) is 0 Å². The zero-order valence-corrected chi connectivity index (χ0v) is 28.8. The van der Waals surface area contributed by atoms with E-state index in [1.54, 1.807) is 0 Å². The van der Waals surface area contributed by atoms with Crippen molar-refractivity contribution in [3.63, 3.8) is 0 Å². The molecule has 2 unspecified atom stereocenters. The molecule has 0 radical (unpaired) electrons. The topological polar surface area (TPSA) is 0 Å². The van der Waals surface area contributed by atoms with Gasteiger partial charge in [0.05, 0.1) is 0 Å². The van der Waals surface area contributed by atoms with Crippen LogP contribution in [-0.2, 0) is 10.8 Å². The summed E-state index contributed by atoms with van der Waals surface area (Å²) in [5.74, 6) is 0.442. The van der Waals surface area contributed by atoms with Gasteiger partial charge in [0.1, 0.15) is 0 Å². The molecule has 0 N–H and O–H groups in total. The van der Waals surface area contributed by atoms with Gasteiger partial charge in [0, 0.05) is 11.8 Å². The van der Waals surface area contributed by atoms with E-state index in [1.165, 1.54) is 66.8 Å². The third-order valence-corrected chi connectivity index (χ3v) is 10.8. The first-order valence-corrected chi connectivity index (χ1v) is 16.8. The number of fused-ring (bicyclic) bond motifs is 6. The maximum Gasteiger partial charge on any atom is 0.0349 e. The highest BCUT2D eigenvalue weighted by atomic mass is 14.4. The summed E-state index contributed by atoms with van der Waals surface area (Å²) in [5, 5.41) is 0. The summed E-state index contributed by atoms with van der Waals surface area (Å²) in [6, 6.07) is 19.7. The maximum atomic E-state index is 2.55. The number of benzene rings is 3. The zero-order chi connectivity index (χ0) is 31.8. The Hall–Kier alpha value is -3.64. The van der Waals surface area contributed by atoms with Gasteiger partial charge in [0.15, 0.2) is 0 Å². The monoisotopic (exact) mass is 580 g/mol. The van der Waals surface area contributed by atoms with Gasteiger partial charge in [-0.15, -0.1) is 0 Å². The van der Waals surface area contributed by atoms with Gasteiger partial charge in [-0.3, -0.25) is 0 Å². The molecule has 0 bridgehead atoms. The maximum absolute atomic E-state index is 2.55. The molecule has 0 heterocycles. The van der Waals surface area contributed by atoms with Gasteiger partial charge in [0.25, 0.3) is 0 Å². The summed E-state index contributed by atoms with van der Waals surface area (Å²) >= 11 is 0. The summed E-state index contributed by atoms with van der Waals surface area (Å²) < 4.78 is 0. The molecule has 0 aliphatic heterocycles. The zero-order valence-electron chi connectivity index (χ0n) is 28.8. The number of allylic oxidation sites excluding steroid dienone is 10. The quantitative estimate of drug-likeness (QED) is 0.221. The SMILES string of the molecule is C\C=C/C=C\C(=C/C)C1c2cc(C(C)(C)CC)ccc2-c2cc3c(cc21)-c1ccc(C(C)(C)CC)cc1C3C(/C=C\C)=C/C. The molecule has 0 amide bonds. The van der Waals surface area contributed by atoms with Gasteiger partial charge >= 0.3 is 0 Å². The van der Waals surface area contributed by atoms with Crippen molar-refractivity contribution in [2.75, 3.05) is 0 Å². The van der Waals surface area contributed by atoms with Gasteiger partial charge in [0.2, 0.25) is 0 Å². The van der Waals surface area contributed by atoms with Crippen molar-refractivity contribution in [1.29, 1.82) is 0 Å². The Morgan fingerprint density at radius 3 is 1.36 bits per heavy atom. The highest BCUT2D eigenvalue weighted by molar-refractivity contribution is 5.90. The smallest absolute Gasteiger partial charge is 0.0349 e. The van der Waals surface area contributed by atoms with E-state index >= 15 is 0 Å². The van der Waals surface area contributed by atoms with Gasteiger partial charge in [-0.25, -0.2) is 0 Å². The van der Waals surface area contributed by atoms with Crippen LogP contribution in [0.4, 0.5) is 0 Å². The lowest BCUT2D eigenvalue weighted by molar-refractivity contribution is 0.505. The number of hydrogen-bond acceptors (Lipinski definition) is 0. The Balaban J connectivity index is 1.80. The molecule has 5 rings (SSSR count). The van der Waals surface area contributed by atoms with E-state index in [4.69, 9.17) is 0 Å². The van der Waals surface area contributed by atoms with E-state index in [-0.39, 0.29) is 22.7 Å². The predicted molar refractivity (Wildman–Crippen MR) is 194 cm³/mol. The fourth-order valence-electron chi connectivity index (χ4n) is 7.16. The van der Waals surface area contributed by atoms with Crippen LogP contribution in [0.25, 0.3) is 22.3 Å². The number of hydrogen-bond donors (Lipinski definition) is 0. The molecule has 2 aliphatic rings. The van der Waals surface area contributed by atoms with Crippen LogP contribution in [0.5, 0.6) is 0 Å². The van der Waals surface area contributed by atoms with Crippen molar-refractivity contribution >= 4 is 0 Å². The largest absolute Gasteiger partial charge is 0.0877 e. The summed E-state index contributed by atoms with van der Waals surface area (Å²) in [7, 11) is 0. The van der Waals surface area contributed by atoms with E-state index in [0.717, 1.165) is 12.8 Å². The van der Waals surface area contributed by atoms with Gasteiger partial charge in [-0.1, -0.05) is 127 Å². The first-order valence-electron chi connectivity index (χ1n) is 16.8. The Labute approximate surface area is 268 Å². The molecule has 0 saturated heterocycles. The Kier molecular flexibility index (Phi) is 8.95. The minimum atomic E-state index is 0.133. The highest BCUT2D eigenvalue weighted by Crippen LogP contribution is 2.56. The molecular formula is C44H52. The average Bonchev–Trinajstić information content (AvgIpc) is 3.52. The molecule has 228 valence electrons. The second-order valence-corrected chi connectivity index (χ2v) is 13.9. The van der Waals surface area contributed by atoms with Gasteiger partial charge < -0.3 is 0 Å². The molecule has 3 aromatic carbocycles. The summed E-state index contributed by atoms with van der Waals surface area (Å²) in [6.07, 6.45) is 20.1. The number of rotatable bonds is 9. The van der Waals surface area contributed by atoms with E-state index in [0.29, 0.717) is 0 Å². The standard InChI is InChI=1S/C44H52/c1-11-17-18-20-30(14-4)42-38-26-32(44(9,10)16-6)22-24-34(38)36-27-39-35(28-40(36)42)33-23-21-31(43(7,8)15-5)25-37(33)41(39)29(13-3)19-12-2/h11-14,17-28,41-42H,15-16H2,1-10H3/b17-11-,19-12-,20-18-,29-13+,30-14+. The Morgan fingerprint density at radius 2 is 0.977 bits per heavy atom.